The minimum Gasteiger partial charge on any atom is -0.368 e. The first-order valence-corrected chi connectivity index (χ1v) is 8.51. The number of nitrogens with two attached hydrogens (primary N) is 1. The maximum atomic E-state index is 10.9. The van der Waals surface area contributed by atoms with Crippen molar-refractivity contribution >= 4 is 29.1 Å². The van der Waals surface area contributed by atoms with Crippen LogP contribution in [0.15, 0.2) is 66.7 Å². The zero-order valence-electron chi connectivity index (χ0n) is 14.5. The summed E-state index contributed by atoms with van der Waals surface area (Å²) < 4.78 is 0. The van der Waals surface area contributed by atoms with E-state index in [2.05, 4.69) is 15.3 Å². The molecule has 132 valence electrons. The van der Waals surface area contributed by atoms with Crippen molar-refractivity contribution in [2.24, 2.45) is 0 Å². The van der Waals surface area contributed by atoms with E-state index in [0.29, 0.717) is 29.6 Å². The number of pyridine rings is 1. The van der Waals surface area contributed by atoms with E-state index >= 15 is 0 Å². The molecule has 0 bridgehead atoms. The summed E-state index contributed by atoms with van der Waals surface area (Å²) in [5, 5.41) is 2.71. The zero-order chi connectivity index (χ0) is 18.6. The van der Waals surface area contributed by atoms with Gasteiger partial charge < -0.3 is 11.1 Å². The molecule has 0 aliphatic rings. The van der Waals surface area contributed by atoms with Crippen molar-refractivity contribution in [1.29, 1.82) is 0 Å². The highest BCUT2D eigenvalue weighted by atomic mass is 16.1. The minimum atomic E-state index is 0.228. The lowest BCUT2D eigenvalue weighted by molar-refractivity contribution is -0.105. The molecule has 0 saturated carbocycles. The third kappa shape index (κ3) is 3.46. The van der Waals surface area contributed by atoms with Crippen molar-refractivity contribution in [3.63, 3.8) is 0 Å². The van der Waals surface area contributed by atoms with E-state index in [1.165, 1.54) is 0 Å². The van der Waals surface area contributed by atoms with Crippen LogP contribution in [0.5, 0.6) is 0 Å². The summed E-state index contributed by atoms with van der Waals surface area (Å²) in [6.07, 6.45) is 1.26. The largest absolute Gasteiger partial charge is 0.368 e. The number of nitrogens with one attached hydrogen (secondary N) is 1. The van der Waals surface area contributed by atoms with E-state index < -0.39 is 0 Å². The van der Waals surface area contributed by atoms with E-state index in [0.717, 1.165) is 22.5 Å². The van der Waals surface area contributed by atoms with E-state index in [4.69, 9.17) is 10.7 Å². The fourth-order valence-electron chi connectivity index (χ4n) is 3.05. The van der Waals surface area contributed by atoms with Crippen LogP contribution in [0, 0.1) is 0 Å². The Morgan fingerprint density at radius 1 is 0.889 bits per heavy atom. The highest BCUT2D eigenvalue weighted by Crippen LogP contribution is 2.28. The van der Waals surface area contributed by atoms with Gasteiger partial charge in [-0.2, -0.15) is 0 Å². The number of hydrogen-bond acceptors (Lipinski definition) is 5. The SMILES string of the molecule is Nc1nc(Cc2ccccc2)c2nc(-c3ccccc3NC=O)ccc2n1. The Labute approximate surface area is 156 Å². The monoisotopic (exact) mass is 355 g/mol. The van der Waals surface area contributed by atoms with Crippen molar-refractivity contribution in [1.82, 2.24) is 15.0 Å². The molecule has 1 amide bonds. The van der Waals surface area contributed by atoms with Gasteiger partial charge in [0.05, 0.1) is 16.9 Å². The third-order valence-corrected chi connectivity index (χ3v) is 4.26. The van der Waals surface area contributed by atoms with E-state index in [-0.39, 0.29) is 5.95 Å². The maximum Gasteiger partial charge on any atom is 0.220 e. The lowest BCUT2D eigenvalue weighted by Crippen LogP contribution is -2.04. The van der Waals surface area contributed by atoms with Crippen molar-refractivity contribution in [2.45, 2.75) is 6.42 Å². The lowest BCUT2D eigenvalue weighted by Gasteiger charge is -2.11. The number of aromatic nitrogens is 3. The van der Waals surface area contributed by atoms with Crippen LogP contribution in [0.3, 0.4) is 0 Å². The number of anilines is 2. The van der Waals surface area contributed by atoms with Crippen LogP contribution < -0.4 is 11.1 Å². The number of amides is 1. The molecule has 2 aromatic carbocycles. The highest BCUT2D eigenvalue weighted by Gasteiger charge is 2.12. The standard InChI is InChI=1S/C21H17N5O/c22-21-25-18-11-10-17(15-8-4-5-9-16(15)23-13-27)24-20(18)19(26-21)12-14-6-2-1-3-7-14/h1-11,13H,12H2,(H,23,27)(H2,22,25,26). The predicted octanol–water partition coefficient (Wildman–Crippen LogP) is 3.43. The Morgan fingerprint density at radius 3 is 2.48 bits per heavy atom. The first-order valence-electron chi connectivity index (χ1n) is 8.51. The number of nitrogen functional groups attached to an aromatic ring is 1. The Balaban J connectivity index is 1.85. The van der Waals surface area contributed by atoms with E-state index in [1.54, 1.807) is 0 Å². The molecule has 0 aliphatic carbocycles. The summed E-state index contributed by atoms with van der Waals surface area (Å²) in [6.45, 7) is 0. The quantitative estimate of drug-likeness (QED) is 0.535. The molecule has 2 aromatic heterocycles. The van der Waals surface area contributed by atoms with Crippen LogP contribution in [0.1, 0.15) is 11.3 Å². The van der Waals surface area contributed by atoms with E-state index in [1.807, 2.05) is 66.7 Å². The topological polar surface area (TPSA) is 93.8 Å². The number of carbonyl (C=O) groups excluding carboxylic acids is 1. The van der Waals surface area contributed by atoms with Crippen LogP contribution >= 0.6 is 0 Å². The molecule has 0 unspecified atom stereocenters. The first-order chi connectivity index (χ1) is 13.2. The Bertz CT molecular complexity index is 1110. The van der Waals surface area contributed by atoms with Gasteiger partial charge in [-0.25, -0.2) is 15.0 Å². The lowest BCUT2D eigenvalue weighted by atomic mass is 10.1. The highest BCUT2D eigenvalue weighted by molar-refractivity contribution is 5.87. The van der Waals surface area contributed by atoms with Gasteiger partial charge in [0.1, 0.15) is 5.52 Å². The van der Waals surface area contributed by atoms with Crippen LogP contribution in [-0.4, -0.2) is 21.4 Å². The average Bonchev–Trinajstić information content (AvgIpc) is 2.69. The number of nitrogens with zero attached hydrogens (tertiary/aromatic N) is 3. The smallest absolute Gasteiger partial charge is 0.220 e. The molecule has 4 rings (SSSR count). The molecule has 4 aromatic rings. The normalized spacial score (nSPS) is 10.7. The molecule has 0 radical (unpaired) electrons. The molecular weight excluding hydrogens is 338 g/mol. The van der Waals surface area contributed by atoms with Crippen LogP contribution in [0.4, 0.5) is 11.6 Å². The second-order valence-corrected chi connectivity index (χ2v) is 6.06. The number of benzene rings is 2. The molecule has 2 heterocycles. The molecular formula is C21H17N5O. The van der Waals surface area contributed by atoms with Crippen molar-refractivity contribution in [3.8, 4) is 11.3 Å². The van der Waals surface area contributed by atoms with Gasteiger partial charge in [-0.3, -0.25) is 4.79 Å². The molecule has 27 heavy (non-hydrogen) atoms. The van der Waals surface area contributed by atoms with Crippen molar-refractivity contribution < 1.29 is 4.79 Å². The van der Waals surface area contributed by atoms with Gasteiger partial charge in [-0.05, 0) is 23.8 Å². The van der Waals surface area contributed by atoms with Gasteiger partial charge >= 0.3 is 0 Å². The molecule has 0 fully saturated rings. The van der Waals surface area contributed by atoms with Gasteiger partial charge in [0.15, 0.2) is 0 Å². The summed E-state index contributed by atoms with van der Waals surface area (Å²) in [4.78, 5) is 24.4. The fraction of sp³-hybridized carbons (Fsp3) is 0.0476. The molecule has 0 spiro atoms. The summed E-state index contributed by atoms with van der Waals surface area (Å²) in [7, 11) is 0. The van der Waals surface area contributed by atoms with Gasteiger partial charge in [0, 0.05) is 17.7 Å². The number of rotatable bonds is 5. The molecule has 6 nitrogen and oxygen atoms in total. The average molecular weight is 355 g/mol. The van der Waals surface area contributed by atoms with Crippen LogP contribution in [0.2, 0.25) is 0 Å². The first kappa shape index (κ1) is 16.7. The number of carbonyl (C=O) groups is 1. The van der Waals surface area contributed by atoms with Gasteiger partial charge in [0.2, 0.25) is 12.4 Å². The van der Waals surface area contributed by atoms with Gasteiger partial charge in [-0.1, -0.05) is 48.5 Å². The Morgan fingerprint density at radius 2 is 1.67 bits per heavy atom. The molecule has 3 N–H and O–H groups in total. The molecule has 6 heteroatoms. The molecule has 0 saturated heterocycles. The van der Waals surface area contributed by atoms with Crippen molar-refractivity contribution in [2.75, 3.05) is 11.1 Å². The maximum absolute atomic E-state index is 10.9. The second kappa shape index (κ2) is 7.21. The third-order valence-electron chi connectivity index (χ3n) is 4.26. The summed E-state index contributed by atoms with van der Waals surface area (Å²) >= 11 is 0. The Kier molecular flexibility index (Phi) is 4.45. The number of hydrogen-bond donors (Lipinski definition) is 2. The minimum absolute atomic E-state index is 0.228. The number of para-hydroxylation sites is 1. The Hall–Kier alpha value is -3.80. The predicted molar refractivity (Wildman–Crippen MR) is 106 cm³/mol. The number of fused-ring (bicyclic) bond motifs is 1. The van der Waals surface area contributed by atoms with Crippen LogP contribution in [-0.2, 0) is 11.2 Å². The summed E-state index contributed by atoms with van der Waals surface area (Å²) in [5.74, 6) is 0.228. The van der Waals surface area contributed by atoms with Crippen molar-refractivity contribution in [3.05, 3.63) is 78.0 Å². The van der Waals surface area contributed by atoms with Gasteiger partial charge in [-0.15, -0.1) is 0 Å². The van der Waals surface area contributed by atoms with Crippen LogP contribution in [0.25, 0.3) is 22.3 Å². The fourth-order valence-corrected chi connectivity index (χ4v) is 3.05. The summed E-state index contributed by atoms with van der Waals surface area (Å²) in [5.41, 5.74) is 11.4. The second-order valence-electron chi connectivity index (χ2n) is 6.06. The summed E-state index contributed by atoms with van der Waals surface area (Å²) in [6, 6.07) is 21.3. The molecule has 0 aliphatic heterocycles. The van der Waals surface area contributed by atoms with Gasteiger partial charge in [0.25, 0.3) is 0 Å². The zero-order valence-corrected chi connectivity index (χ0v) is 14.5. The van der Waals surface area contributed by atoms with E-state index in [9.17, 15) is 4.79 Å². The molecule has 0 atom stereocenters.